The molecule has 0 aromatic heterocycles. The summed E-state index contributed by atoms with van der Waals surface area (Å²) in [7, 11) is 2.01. The van der Waals surface area contributed by atoms with Crippen molar-refractivity contribution < 1.29 is 4.79 Å². The second-order valence-corrected chi connectivity index (χ2v) is 6.43. The lowest BCUT2D eigenvalue weighted by Crippen LogP contribution is -2.50. The summed E-state index contributed by atoms with van der Waals surface area (Å²) < 4.78 is 0. The Morgan fingerprint density at radius 2 is 1.67 bits per heavy atom. The molecule has 2 fully saturated rings. The lowest BCUT2D eigenvalue weighted by atomic mass is 9.93. The van der Waals surface area contributed by atoms with Crippen LogP contribution in [0.2, 0.25) is 0 Å². The maximum absolute atomic E-state index is 12.4. The summed E-state index contributed by atoms with van der Waals surface area (Å²) in [5, 5.41) is 3.22. The standard InChI is InChI=1S/C16H32N4O/c1-3-18-10-12-19(13-11-18)14-16(21)20-8-5-15(6-9-20)4-7-17-2/h15,17H,3-14H2,1-2H3. The number of rotatable bonds is 6. The van der Waals surface area contributed by atoms with E-state index in [1.54, 1.807) is 0 Å². The van der Waals surface area contributed by atoms with Gasteiger partial charge in [-0.1, -0.05) is 6.92 Å². The van der Waals surface area contributed by atoms with Gasteiger partial charge >= 0.3 is 0 Å². The zero-order chi connectivity index (χ0) is 15.1. The van der Waals surface area contributed by atoms with E-state index in [9.17, 15) is 4.79 Å². The van der Waals surface area contributed by atoms with E-state index in [-0.39, 0.29) is 0 Å². The molecular weight excluding hydrogens is 264 g/mol. The van der Waals surface area contributed by atoms with Gasteiger partial charge in [-0.2, -0.15) is 0 Å². The lowest BCUT2D eigenvalue weighted by Gasteiger charge is -2.36. The molecule has 0 unspecified atom stereocenters. The van der Waals surface area contributed by atoms with E-state index in [1.165, 1.54) is 19.3 Å². The number of carbonyl (C=O) groups is 1. The first-order chi connectivity index (χ1) is 10.2. The van der Waals surface area contributed by atoms with Gasteiger partial charge in [-0.15, -0.1) is 0 Å². The van der Waals surface area contributed by atoms with E-state index in [1.807, 2.05) is 7.05 Å². The third-order valence-corrected chi connectivity index (χ3v) is 5.04. The molecule has 1 N–H and O–H groups in total. The average Bonchev–Trinajstić information content (AvgIpc) is 2.54. The Morgan fingerprint density at radius 1 is 1.05 bits per heavy atom. The summed E-state index contributed by atoms with van der Waals surface area (Å²) in [6.07, 6.45) is 3.60. The van der Waals surface area contributed by atoms with Gasteiger partial charge < -0.3 is 15.1 Å². The van der Waals surface area contributed by atoms with Crippen molar-refractivity contribution in [2.75, 3.05) is 66.0 Å². The van der Waals surface area contributed by atoms with Gasteiger partial charge in [0.1, 0.15) is 0 Å². The molecule has 0 bridgehead atoms. The molecule has 2 heterocycles. The second-order valence-electron chi connectivity index (χ2n) is 6.43. The molecule has 5 nitrogen and oxygen atoms in total. The fourth-order valence-electron chi connectivity index (χ4n) is 3.37. The van der Waals surface area contributed by atoms with Crippen LogP contribution in [0, 0.1) is 5.92 Å². The highest BCUT2D eigenvalue weighted by Crippen LogP contribution is 2.20. The molecule has 0 radical (unpaired) electrons. The number of nitrogens with one attached hydrogen (secondary N) is 1. The normalized spacial score (nSPS) is 22.7. The minimum atomic E-state index is 0.340. The van der Waals surface area contributed by atoms with Gasteiger partial charge in [-0.3, -0.25) is 9.69 Å². The minimum absolute atomic E-state index is 0.340. The van der Waals surface area contributed by atoms with Crippen LogP contribution in [0.1, 0.15) is 26.2 Å². The monoisotopic (exact) mass is 296 g/mol. The van der Waals surface area contributed by atoms with Crippen molar-refractivity contribution in [3.05, 3.63) is 0 Å². The molecule has 2 aliphatic heterocycles. The first kappa shape index (κ1) is 16.7. The lowest BCUT2D eigenvalue weighted by molar-refractivity contribution is -0.134. The van der Waals surface area contributed by atoms with E-state index in [2.05, 4.69) is 26.9 Å². The third-order valence-electron chi connectivity index (χ3n) is 5.04. The second kappa shape index (κ2) is 8.71. The van der Waals surface area contributed by atoms with Crippen molar-refractivity contribution in [2.45, 2.75) is 26.2 Å². The molecule has 1 amide bonds. The van der Waals surface area contributed by atoms with E-state index in [4.69, 9.17) is 0 Å². The molecule has 2 saturated heterocycles. The average molecular weight is 296 g/mol. The number of carbonyl (C=O) groups excluding carboxylic acids is 1. The number of amides is 1. The molecule has 5 heteroatoms. The first-order valence-electron chi connectivity index (χ1n) is 8.60. The SMILES string of the molecule is CCN1CCN(CC(=O)N2CCC(CCNC)CC2)CC1. The van der Waals surface area contributed by atoms with Gasteiger partial charge in [0.05, 0.1) is 6.54 Å². The van der Waals surface area contributed by atoms with Crippen molar-refractivity contribution in [2.24, 2.45) is 5.92 Å². The molecule has 0 aromatic rings. The predicted octanol–water partition coefficient (Wildman–Crippen LogP) is 0.472. The summed E-state index contributed by atoms with van der Waals surface area (Å²) in [6, 6.07) is 0. The Labute approximate surface area is 129 Å². The quantitative estimate of drug-likeness (QED) is 0.773. The predicted molar refractivity (Wildman–Crippen MR) is 86.4 cm³/mol. The fraction of sp³-hybridized carbons (Fsp3) is 0.938. The van der Waals surface area contributed by atoms with E-state index in [0.29, 0.717) is 12.5 Å². The zero-order valence-electron chi connectivity index (χ0n) is 13.8. The Morgan fingerprint density at radius 3 is 2.24 bits per heavy atom. The molecule has 0 aliphatic carbocycles. The summed E-state index contributed by atoms with van der Waals surface area (Å²) in [6.45, 7) is 11.3. The topological polar surface area (TPSA) is 38.8 Å². The van der Waals surface area contributed by atoms with Crippen LogP contribution < -0.4 is 5.32 Å². The molecule has 0 atom stereocenters. The van der Waals surface area contributed by atoms with E-state index < -0.39 is 0 Å². The van der Waals surface area contributed by atoms with Crippen molar-refractivity contribution >= 4 is 5.91 Å². The molecule has 2 aliphatic rings. The van der Waals surface area contributed by atoms with Crippen molar-refractivity contribution in [1.29, 1.82) is 0 Å². The Balaban J connectivity index is 1.66. The van der Waals surface area contributed by atoms with Gasteiger partial charge in [0, 0.05) is 39.3 Å². The smallest absolute Gasteiger partial charge is 0.236 e. The molecular formula is C16H32N4O. The Bertz CT molecular complexity index is 307. The molecule has 0 saturated carbocycles. The third kappa shape index (κ3) is 5.24. The van der Waals surface area contributed by atoms with Crippen LogP contribution in [-0.2, 0) is 4.79 Å². The van der Waals surface area contributed by atoms with Gasteiger partial charge in [0.25, 0.3) is 0 Å². The van der Waals surface area contributed by atoms with E-state index >= 15 is 0 Å². The molecule has 21 heavy (non-hydrogen) atoms. The largest absolute Gasteiger partial charge is 0.342 e. The Kier molecular flexibility index (Phi) is 6.93. The summed E-state index contributed by atoms with van der Waals surface area (Å²) >= 11 is 0. The van der Waals surface area contributed by atoms with Gasteiger partial charge in [-0.05, 0) is 45.3 Å². The molecule has 0 aromatic carbocycles. The highest BCUT2D eigenvalue weighted by molar-refractivity contribution is 5.78. The van der Waals surface area contributed by atoms with Crippen LogP contribution in [0.4, 0.5) is 0 Å². The minimum Gasteiger partial charge on any atom is -0.342 e. The maximum Gasteiger partial charge on any atom is 0.236 e. The van der Waals surface area contributed by atoms with Crippen molar-refractivity contribution in [1.82, 2.24) is 20.0 Å². The van der Waals surface area contributed by atoms with Crippen LogP contribution in [-0.4, -0.2) is 86.6 Å². The van der Waals surface area contributed by atoms with Crippen LogP contribution >= 0.6 is 0 Å². The van der Waals surface area contributed by atoms with E-state index in [0.717, 1.165) is 58.3 Å². The highest BCUT2D eigenvalue weighted by Gasteiger charge is 2.25. The van der Waals surface area contributed by atoms with Crippen molar-refractivity contribution in [3.63, 3.8) is 0 Å². The highest BCUT2D eigenvalue weighted by atomic mass is 16.2. The Hall–Kier alpha value is -0.650. The first-order valence-corrected chi connectivity index (χ1v) is 8.60. The van der Waals surface area contributed by atoms with Gasteiger partial charge in [0.15, 0.2) is 0 Å². The number of piperazine rings is 1. The number of likely N-dealkylation sites (tertiary alicyclic amines) is 1. The molecule has 2 rings (SSSR count). The number of nitrogens with zero attached hydrogens (tertiary/aromatic N) is 3. The van der Waals surface area contributed by atoms with Crippen LogP contribution in [0.3, 0.4) is 0 Å². The zero-order valence-corrected chi connectivity index (χ0v) is 13.8. The van der Waals surface area contributed by atoms with Crippen molar-refractivity contribution in [3.8, 4) is 0 Å². The van der Waals surface area contributed by atoms with Crippen LogP contribution in [0.15, 0.2) is 0 Å². The maximum atomic E-state index is 12.4. The number of piperidine rings is 1. The van der Waals surface area contributed by atoms with Gasteiger partial charge in [-0.25, -0.2) is 0 Å². The fourth-order valence-corrected chi connectivity index (χ4v) is 3.37. The van der Waals surface area contributed by atoms with Crippen LogP contribution in [0.5, 0.6) is 0 Å². The van der Waals surface area contributed by atoms with Crippen LogP contribution in [0.25, 0.3) is 0 Å². The number of hydrogen-bond acceptors (Lipinski definition) is 4. The van der Waals surface area contributed by atoms with Gasteiger partial charge in [0.2, 0.25) is 5.91 Å². The summed E-state index contributed by atoms with van der Waals surface area (Å²) in [4.78, 5) is 19.3. The molecule has 122 valence electrons. The number of likely N-dealkylation sites (N-methyl/N-ethyl adjacent to an activating group) is 1. The summed E-state index contributed by atoms with van der Waals surface area (Å²) in [5.41, 5.74) is 0. The molecule has 0 spiro atoms. The number of hydrogen-bond donors (Lipinski definition) is 1. The summed E-state index contributed by atoms with van der Waals surface area (Å²) in [5.74, 6) is 1.14.